The van der Waals surface area contributed by atoms with Crippen molar-refractivity contribution in [2.24, 2.45) is 7.05 Å². The van der Waals surface area contributed by atoms with Crippen molar-refractivity contribution in [3.8, 4) is 5.75 Å². The lowest BCUT2D eigenvalue weighted by atomic mass is 10.2. The largest absolute Gasteiger partial charge is 0.494 e. The average Bonchev–Trinajstić information content (AvgIpc) is 2.73. The van der Waals surface area contributed by atoms with E-state index in [2.05, 4.69) is 16.4 Å². The van der Waals surface area contributed by atoms with Gasteiger partial charge >= 0.3 is 0 Å². The zero-order valence-corrected chi connectivity index (χ0v) is 10.2. The summed E-state index contributed by atoms with van der Waals surface area (Å²) in [4.78, 5) is 4.21. The molecule has 1 N–H and O–H groups in total. The lowest BCUT2D eigenvalue weighted by molar-refractivity contribution is 0.340. The van der Waals surface area contributed by atoms with Crippen molar-refractivity contribution in [1.82, 2.24) is 9.55 Å². The van der Waals surface area contributed by atoms with E-state index >= 15 is 0 Å². The molecule has 0 atom stereocenters. The Kier molecular flexibility index (Phi) is 3.65. The number of aryl methyl sites for hydroxylation is 1. The number of rotatable bonds is 5. The fourth-order valence-corrected chi connectivity index (χ4v) is 1.63. The molecule has 0 bridgehead atoms. The number of aromatic nitrogens is 2. The molecular formula is C13H17N3O. The predicted molar refractivity (Wildman–Crippen MR) is 68.1 cm³/mol. The highest BCUT2D eigenvalue weighted by atomic mass is 16.5. The van der Waals surface area contributed by atoms with Crippen LogP contribution in [0.15, 0.2) is 36.7 Å². The first-order valence-corrected chi connectivity index (χ1v) is 5.72. The van der Waals surface area contributed by atoms with Gasteiger partial charge in [0.2, 0.25) is 5.95 Å². The Morgan fingerprint density at radius 2 is 2.29 bits per heavy atom. The van der Waals surface area contributed by atoms with Gasteiger partial charge in [0.05, 0.1) is 6.61 Å². The fraction of sp³-hybridized carbons (Fsp3) is 0.308. The molecule has 0 aliphatic rings. The van der Waals surface area contributed by atoms with E-state index in [9.17, 15) is 0 Å². The zero-order chi connectivity index (χ0) is 12.1. The van der Waals surface area contributed by atoms with Crippen LogP contribution in [0.3, 0.4) is 0 Å². The smallest absolute Gasteiger partial charge is 0.202 e. The van der Waals surface area contributed by atoms with E-state index in [1.54, 1.807) is 6.20 Å². The Bertz CT molecular complexity index is 479. The van der Waals surface area contributed by atoms with E-state index in [1.165, 1.54) is 5.56 Å². The van der Waals surface area contributed by atoms with Crippen LogP contribution in [0, 0.1) is 0 Å². The Labute approximate surface area is 101 Å². The molecule has 0 radical (unpaired) electrons. The monoisotopic (exact) mass is 231 g/mol. The Morgan fingerprint density at radius 3 is 3.00 bits per heavy atom. The topological polar surface area (TPSA) is 39.1 Å². The predicted octanol–water partition coefficient (Wildman–Crippen LogP) is 2.43. The first-order valence-electron chi connectivity index (χ1n) is 5.72. The van der Waals surface area contributed by atoms with Crippen LogP contribution in [0.25, 0.3) is 0 Å². The van der Waals surface area contributed by atoms with E-state index in [-0.39, 0.29) is 0 Å². The molecule has 1 heterocycles. The summed E-state index contributed by atoms with van der Waals surface area (Å²) in [5.74, 6) is 1.78. The van der Waals surface area contributed by atoms with Gasteiger partial charge in [0, 0.05) is 26.0 Å². The lowest BCUT2D eigenvalue weighted by Gasteiger charge is -2.08. The molecule has 1 aromatic carbocycles. The van der Waals surface area contributed by atoms with Crippen molar-refractivity contribution in [3.63, 3.8) is 0 Å². The number of imidazole rings is 1. The number of nitrogens with one attached hydrogen (secondary N) is 1. The minimum absolute atomic E-state index is 0.691. The van der Waals surface area contributed by atoms with Gasteiger partial charge in [-0.15, -0.1) is 0 Å². The second-order valence-electron chi connectivity index (χ2n) is 3.80. The first-order chi connectivity index (χ1) is 8.29. The maximum absolute atomic E-state index is 5.46. The summed E-state index contributed by atoms with van der Waals surface area (Å²) in [7, 11) is 1.96. The standard InChI is InChI=1S/C13H17N3O/c1-3-17-12-6-4-5-11(9-12)10-15-13-14-7-8-16(13)2/h4-9H,3,10H2,1-2H3,(H,14,15). The van der Waals surface area contributed by atoms with Crippen molar-refractivity contribution >= 4 is 5.95 Å². The van der Waals surface area contributed by atoms with Crippen LogP contribution in [0.1, 0.15) is 12.5 Å². The van der Waals surface area contributed by atoms with Crippen molar-refractivity contribution in [2.75, 3.05) is 11.9 Å². The summed E-state index contributed by atoms with van der Waals surface area (Å²) in [5.41, 5.74) is 1.18. The van der Waals surface area contributed by atoms with E-state index < -0.39 is 0 Å². The van der Waals surface area contributed by atoms with Gasteiger partial charge < -0.3 is 14.6 Å². The highest BCUT2D eigenvalue weighted by molar-refractivity contribution is 5.33. The Hall–Kier alpha value is -1.97. The van der Waals surface area contributed by atoms with Gasteiger partial charge in [0.15, 0.2) is 0 Å². The summed E-state index contributed by atoms with van der Waals surface area (Å²) in [6.45, 7) is 3.42. The first kappa shape index (κ1) is 11.5. The van der Waals surface area contributed by atoms with Crippen LogP contribution in [0.2, 0.25) is 0 Å². The Balaban J connectivity index is 1.99. The van der Waals surface area contributed by atoms with Crippen molar-refractivity contribution in [2.45, 2.75) is 13.5 Å². The molecule has 4 heteroatoms. The van der Waals surface area contributed by atoms with E-state index in [1.807, 2.05) is 42.9 Å². The molecule has 4 nitrogen and oxygen atoms in total. The number of benzene rings is 1. The maximum atomic E-state index is 5.46. The molecule has 0 fully saturated rings. The van der Waals surface area contributed by atoms with Gasteiger partial charge in [-0.1, -0.05) is 12.1 Å². The number of hydrogen-bond donors (Lipinski definition) is 1. The van der Waals surface area contributed by atoms with Gasteiger partial charge in [0.25, 0.3) is 0 Å². The Morgan fingerprint density at radius 1 is 1.41 bits per heavy atom. The molecule has 17 heavy (non-hydrogen) atoms. The minimum Gasteiger partial charge on any atom is -0.494 e. The molecule has 90 valence electrons. The van der Waals surface area contributed by atoms with Crippen LogP contribution in [0.5, 0.6) is 5.75 Å². The van der Waals surface area contributed by atoms with E-state index in [4.69, 9.17) is 4.74 Å². The minimum atomic E-state index is 0.691. The third kappa shape index (κ3) is 3.00. The second-order valence-corrected chi connectivity index (χ2v) is 3.80. The maximum Gasteiger partial charge on any atom is 0.202 e. The molecule has 0 saturated heterocycles. The van der Waals surface area contributed by atoms with Gasteiger partial charge in [-0.2, -0.15) is 0 Å². The second kappa shape index (κ2) is 5.39. The molecule has 1 aromatic heterocycles. The van der Waals surface area contributed by atoms with E-state index in [0.29, 0.717) is 6.61 Å². The van der Waals surface area contributed by atoms with Gasteiger partial charge in [-0.05, 0) is 24.6 Å². The highest BCUT2D eigenvalue weighted by Gasteiger charge is 1.99. The van der Waals surface area contributed by atoms with Crippen LogP contribution in [-0.4, -0.2) is 16.2 Å². The number of ether oxygens (including phenoxy) is 1. The van der Waals surface area contributed by atoms with Crippen molar-refractivity contribution < 1.29 is 4.74 Å². The zero-order valence-electron chi connectivity index (χ0n) is 10.2. The molecule has 2 rings (SSSR count). The molecule has 0 saturated carbocycles. The quantitative estimate of drug-likeness (QED) is 0.859. The van der Waals surface area contributed by atoms with Crippen LogP contribution in [-0.2, 0) is 13.6 Å². The van der Waals surface area contributed by atoms with Crippen LogP contribution in [0.4, 0.5) is 5.95 Å². The number of anilines is 1. The van der Waals surface area contributed by atoms with Crippen molar-refractivity contribution in [3.05, 3.63) is 42.2 Å². The van der Waals surface area contributed by atoms with Gasteiger partial charge in [-0.3, -0.25) is 0 Å². The summed E-state index contributed by atoms with van der Waals surface area (Å²) in [6, 6.07) is 8.08. The molecule has 0 unspecified atom stereocenters. The SMILES string of the molecule is CCOc1cccc(CNc2nccn2C)c1. The average molecular weight is 231 g/mol. The number of hydrogen-bond acceptors (Lipinski definition) is 3. The van der Waals surface area contributed by atoms with Crippen LogP contribution >= 0.6 is 0 Å². The van der Waals surface area contributed by atoms with Gasteiger partial charge in [0.1, 0.15) is 5.75 Å². The van der Waals surface area contributed by atoms with Crippen LogP contribution < -0.4 is 10.1 Å². The summed E-state index contributed by atoms with van der Waals surface area (Å²) in [5, 5.41) is 3.27. The third-order valence-electron chi connectivity index (χ3n) is 2.48. The van der Waals surface area contributed by atoms with E-state index in [0.717, 1.165) is 18.2 Å². The highest BCUT2D eigenvalue weighted by Crippen LogP contribution is 2.14. The van der Waals surface area contributed by atoms with Crippen molar-refractivity contribution in [1.29, 1.82) is 0 Å². The molecule has 0 amide bonds. The summed E-state index contributed by atoms with van der Waals surface area (Å²) in [6.07, 6.45) is 3.69. The lowest BCUT2D eigenvalue weighted by Crippen LogP contribution is -2.04. The molecule has 0 spiro atoms. The summed E-state index contributed by atoms with van der Waals surface area (Å²) < 4.78 is 7.41. The molecule has 0 aliphatic heterocycles. The van der Waals surface area contributed by atoms with Gasteiger partial charge in [-0.25, -0.2) is 4.98 Å². The normalized spacial score (nSPS) is 10.2. The fourth-order valence-electron chi connectivity index (χ4n) is 1.63. The summed E-state index contributed by atoms with van der Waals surface area (Å²) >= 11 is 0. The molecule has 0 aliphatic carbocycles. The third-order valence-corrected chi connectivity index (χ3v) is 2.48. The number of nitrogens with zero attached hydrogens (tertiary/aromatic N) is 2. The molecular weight excluding hydrogens is 214 g/mol. The molecule has 2 aromatic rings.